The fraction of sp³-hybridized carbons (Fsp3) is 0.250. The number of carbonyl (C=O) groups excluding carboxylic acids is 6. The monoisotopic (exact) mass is 585 g/mol. The van der Waals surface area contributed by atoms with Gasteiger partial charge < -0.3 is 31.9 Å². The van der Waals surface area contributed by atoms with Crippen LogP contribution in [0.3, 0.4) is 0 Å². The number of amides is 6. The fourth-order valence-electron chi connectivity index (χ4n) is 3.22. The molecule has 0 bridgehead atoms. The van der Waals surface area contributed by atoms with Crippen molar-refractivity contribution in [1.29, 1.82) is 0 Å². The first-order chi connectivity index (χ1) is 17.4. The second kappa shape index (κ2) is 18.4. The zero-order valence-corrected chi connectivity index (χ0v) is 23.0. The number of allylic oxidation sites excluding steroid dienone is 6. The minimum Gasteiger partial charge on any atom is -0.405 e. The molecule has 12 nitrogen and oxygen atoms in total. The molecule has 0 saturated heterocycles. The summed E-state index contributed by atoms with van der Waals surface area (Å²) < 4.78 is 0. The summed E-state index contributed by atoms with van der Waals surface area (Å²) in [4.78, 5) is 60.8. The molecule has 37 heavy (non-hydrogen) atoms. The molecule has 0 fully saturated rings. The standard InChI is InChI=1S/3C8H9N2O2.Zr/c3*1-6-2-3-7(9-4-11)8(6)10-5-12;/h3*4-5H,3H2,1H3,(H,9,11)(H,10,12);/q3*-1;+3. The van der Waals surface area contributed by atoms with Gasteiger partial charge in [0.15, 0.2) is 19.2 Å². The van der Waals surface area contributed by atoms with Gasteiger partial charge in [0.2, 0.25) is 19.2 Å². The van der Waals surface area contributed by atoms with Gasteiger partial charge in [-0.3, -0.25) is 47.0 Å². The van der Waals surface area contributed by atoms with Crippen molar-refractivity contribution in [3.8, 4) is 0 Å². The van der Waals surface area contributed by atoms with Crippen molar-refractivity contribution in [3.63, 3.8) is 0 Å². The average Bonchev–Trinajstić information content (AvgIpc) is 3.51. The van der Waals surface area contributed by atoms with Crippen LogP contribution in [0.2, 0.25) is 0 Å². The average molecular weight is 587 g/mol. The van der Waals surface area contributed by atoms with Gasteiger partial charge >= 0.3 is 26.2 Å². The Bertz CT molecular complexity index is 926. The fourth-order valence-corrected chi connectivity index (χ4v) is 3.22. The van der Waals surface area contributed by atoms with Gasteiger partial charge in [0.25, 0.3) is 0 Å². The number of rotatable bonds is 12. The van der Waals surface area contributed by atoms with E-state index in [2.05, 4.69) is 50.1 Å². The third-order valence-electron chi connectivity index (χ3n) is 4.93. The Labute approximate surface area is 234 Å². The molecule has 0 aliphatic heterocycles. The number of carbonyl (C=O) groups is 6. The quantitative estimate of drug-likeness (QED) is 0.133. The molecular formula is C24H27N6O6Zr. The molecule has 0 atom stereocenters. The van der Waals surface area contributed by atoms with Crippen molar-refractivity contribution in [2.24, 2.45) is 0 Å². The van der Waals surface area contributed by atoms with Crippen molar-refractivity contribution in [1.82, 2.24) is 31.9 Å². The van der Waals surface area contributed by atoms with Crippen LogP contribution in [0.15, 0.2) is 50.9 Å². The van der Waals surface area contributed by atoms with Crippen LogP contribution in [0.4, 0.5) is 0 Å². The Kier molecular flexibility index (Phi) is 16.5. The van der Waals surface area contributed by atoms with Crippen molar-refractivity contribution in [2.75, 3.05) is 0 Å². The van der Waals surface area contributed by atoms with Crippen LogP contribution in [-0.2, 0) is 55.0 Å². The Morgan fingerprint density at radius 1 is 0.459 bits per heavy atom. The first-order valence-corrected chi connectivity index (χ1v) is 10.5. The first-order valence-electron chi connectivity index (χ1n) is 10.5. The number of hydrogen-bond donors (Lipinski definition) is 6. The normalized spacial score (nSPS) is 15.2. The van der Waals surface area contributed by atoms with Gasteiger partial charge in [-0.15, -0.1) is 0 Å². The van der Waals surface area contributed by atoms with Crippen LogP contribution >= 0.6 is 0 Å². The molecule has 193 valence electrons. The van der Waals surface area contributed by atoms with Crippen LogP contribution < -0.4 is 31.9 Å². The summed E-state index contributed by atoms with van der Waals surface area (Å²) in [6.07, 6.45) is 14.1. The first kappa shape index (κ1) is 33.1. The SMILES string of the molecule is CC1=[C-]CC(NC=O)=C1NC=O.CC1=[C-]CC(NC=O)=C1NC=O.CC1=[C-]CC(NC=O)=C1NC=O.[Zr+3]. The Morgan fingerprint density at radius 3 is 0.865 bits per heavy atom. The zero-order chi connectivity index (χ0) is 26.9. The zero-order valence-electron chi connectivity index (χ0n) is 20.5. The smallest absolute Gasteiger partial charge is 0.405 e. The van der Waals surface area contributed by atoms with Crippen molar-refractivity contribution in [2.45, 2.75) is 40.0 Å². The predicted octanol–water partition coefficient (Wildman–Crippen LogP) is -0.473. The van der Waals surface area contributed by atoms with Crippen LogP contribution in [-0.4, -0.2) is 38.5 Å². The predicted molar refractivity (Wildman–Crippen MR) is 127 cm³/mol. The molecule has 0 aromatic carbocycles. The third kappa shape index (κ3) is 10.3. The van der Waals surface area contributed by atoms with E-state index < -0.39 is 0 Å². The van der Waals surface area contributed by atoms with Gasteiger partial charge in [-0.25, -0.2) is 16.7 Å². The minimum absolute atomic E-state index is 0. The molecule has 0 heterocycles. The van der Waals surface area contributed by atoms with Crippen molar-refractivity contribution < 1.29 is 55.0 Å². The molecule has 1 radical (unpaired) electrons. The maximum absolute atomic E-state index is 10.2. The van der Waals surface area contributed by atoms with Gasteiger partial charge in [0.05, 0.1) is 0 Å². The van der Waals surface area contributed by atoms with Crippen LogP contribution in [0.25, 0.3) is 0 Å². The Balaban J connectivity index is 0.000000518. The van der Waals surface area contributed by atoms with E-state index in [1.54, 1.807) is 0 Å². The molecule has 0 aromatic heterocycles. The summed E-state index contributed by atoms with van der Waals surface area (Å²) in [6, 6.07) is 0. The molecule has 3 aliphatic rings. The number of nitrogens with one attached hydrogen (secondary N) is 6. The minimum atomic E-state index is 0. The van der Waals surface area contributed by atoms with E-state index in [4.69, 9.17) is 0 Å². The maximum atomic E-state index is 10.2. The summed E-state index contributed by atoms with van der Waals surface area (Å²) in [5.41, 5.74) is 6.58. The topological polar surface area (TPSA) is 175 Å². The van der Waals surface area contributed by atoms with E-state index in [1.807, 2.05) is 20.8 Å². The molecule has 0 unspecified atom stereocenters. The van der Waals surface area contributed by atoms with Gasteiger partial charge in [-0.1, -0.05) is 74.2 Å². The molecule has 0 spiro atoms. The third-order valence-corrected chi connectivity index (χ3v) is 4.93. The summed E-state index contributed by atoms with van der Waals surface area (Å²) in [5.74, 6) is 0. The molecule has 13 heteroatoms. The molecule has 6 N–H and O–H groups in total. The van der Waals surface area contributed by atoms with E-state index in [1.165, 1.54) is 0 Å². The summed E-state index contributed by atoms with van der Waals surface area (Å²) in [5, 5.41) is 15.0. The van der Waals surface area contributed by atoms with Gasteiger partial charge in [-0.05, 0) is 0 Å². The molecule has 3 rings (SSSR count). The summed E-state index contributed by atoms with van der Waals surface area (Å²) >= 11 is 0. The molecule has 6 amide bonds. The van der Waals surface area contributed by atoms with Gasteiger partial charge in [0.1, 0.15) is 0 Å². The molecule has 0 saturated carbocycles. The molecule has 3 aliphatic carbocycles. The number of hydrogen-bond acceptors (Lipinski definition) is 6. The second-order valence-corrected chi connectivity index (χ2v) is 7.07. The van der Waals surface area contributed by atoms with Crippen LogP contribution in [0, 0.1) is 18.2 Å². The van der Waals surface area contributed by atoms with Crippen molar-refractivity contribution in [3.05, 3.63) is 69.1 Å². The second-order valence-electron chi connectivity index (χ2n) is 7.07. The molecule has 0 aromatic rings. The van der Waals surface area contributed by atoms with Gasteiger partial charge in [-0.2, -0.15) is 0 Å². The van der Waals surface area contributed by atoms with Crippen LogP contribution in [0.1, 0.15) is 40.0 Å². The van der Waals surface area contributed by atoms with E-state index in [-0.39, 0.29) is 26.2 Å². The van der Waals surface area contributed by atoms with E-state index in [0.717, 1.165) is 16.7 Å². The van der Waals surface area contributed by atoms with E-state index in [9.17, 15) is 28.8 Å². The van der Waals surface area contributed by atoms with Crippen LogP contribution in [0.5, 0.6) is 0 Å². The van der Waals surface area contributed by atoms with Gasteiger partial charge in [0, 0.05) is 0 Å². The largest absolute Gasteiger partial charge is 3.00 e. The molecular weight excluding hydrogens is 560 g/mol. The summed E-state index contributed by atoms with van der Waals surface area (Å²) in [7, 11) is 0. The summed E-state index contributed by atoms with van der Waals surface area (Å²) in [6.45, 7) is 5.47. The Hall–Kier alpha value is -3.86. The Morgan fingerprint density at radius 2 is 0.676 bits per heavy atom. The maximum Gasteiger partial charge on any atom is 3.00 e. The van der Waals surface area contributed by atoms with E-state index in [0.29, 0.717) is 91.9 Å². The van der Waals surface area contributed by atoms with E-state index >= 15 is 0 Å². The van der Waals surface area contributed by atoms with Crippen molar-refractivity contribution >= 4 is 38.5 Å².